The molecule has 180 valence electrons. The van der Waals surface area contributed by atoms with Crippen molar-refractivity contribution in [2.75, 3.05) is 17.6 Å². The van der Waals surface area contributed by atoms with E-state index in [1.54, 1.807) is 34.9 Å². The second kappa shape index (κ2) is 9.61. The number of nitrogens with two attached hydrogens (primary N) is 1. The number of aromatic nitrogens is 4. The Labute approximate surface area is 201 Å². The quantitative estimate of drug-likeness (QED) is 0.397. The van der Waals surface area contributed by atoms with Crippen LogP contribution in [0.25, 0.3) is 5.69 Å². The summed E-state index contributed by atoms with van der Waals surface area (Å²) in [5, 5.41) is 7.81. The van der Waals surface area contributed by atoms with Crippen LogP contribution in [0.3, 0.4) is 0 Å². The van der Waals surface area contributed by atoms with Crippen molar-refractivity contribution in [3.8, 4) is 5.69 Å². The molecular weight excluding hydrogens is 455 g/mol. The molecule has 2 heterocycles. The first kappa shape index (κ1) is 24.0. The molecule has 0 spiro atoms. The van der Waals surface area contributed by atoms with Crippen molar-refractivity contribution >= 4 is 29.1 Å². The van der Waals surface area contributed by atoms with Gasteiger partial charge in [-0.3, -0.25) is 9.59 Å². The fourth-order valence-electron chi connectivity index (χ4n) is 4.40. The van der Waals surface area contributed by atoms with Gasteiger partial charge in [0, 0.05) is 37.2 Å². The van der Waals surface area contributed by atoms with Crippen molar-refractivity contribution in [2.45, 2.75) is 45.8 Å². The SMILES string of the molecule is CCc1nn(-c2cc(F)c(C(N)=O)c(NCCSCc3ncc[nH]3)c2)c2c1C(=O)CC(C)(C)C2. The van der Waals surface area contributed by atoms with Gasteiger partial charge in [0.25, 0.3) is 5.91 Å². The highest BCUT2D eigenvalue weighted by molar-refractivity contribution is 7.98. The first-order valence-electron chi connectivity index (χ1n) is 11.3. The lowest BCUT2D eigenvalue weighted by molar-refractivity contribution is 0.0909. The Morgan fingerprint density at radius 3 is 2.82 bits per heavy atom. The van der Waals surface area contributed by atoms with E-state index in [0.717, 1.165) is 17.3 Å². The van der Waals surface area contributed by atoms with Crippen LogP contribution in [0.1, 0.15) is 65.1 Å². The van der Waals surface area contributed by atoms with E-state index in [4.69, 9.17) is 5.73 Å². The van der Waals surface area contributed by atoms with E-state index in [1.165, 1.54) is 6.07 Å². The van der Waals surface area contributed by atoms with Gasteiger partial charge in [0.1, 0.15) is 11.6 Å². The van der Waals surface area contributed by atoms with Crippen LogP contribution >= 0.6 is 11.8 Å². The zero-order valence-electron chi connectivity index (χ0n) is 19.6. The number of thioether (sulfide) groups is 1. The molecule has 1 aliphatic carbocycles. The summed E-state index contributed by atoms with van der Waals surface area (Å²) in [6.07, 6.45) is 5.17. The third kappa shape index (κ3) is 4.86. The van der Waals surface area contributed by atoms with Gasteiger partial charge in [0.05, 0.1) is 39.6 Å². The number of H-pyrrole nitrogens is 1. The van der Waals surface area contributed by atoms with Gasteiger partial charge >= 0.3 is 0 Å². The van der Waals surface area contributed by atoms with Crippen molar-refractivity contribution in [3.05, 3.63) is 58.7 Å². The molecule has 34 heavy (non-hydrogen) atoms. The second-order valence-electron chi connectivity index (χ2n) is 9.20. The molecule has 0 radical (unpaired) electrons. The predicted molar refractivity (Wildman–Crippen MR) is 131 cm³/mol. The summed E-state index contributed by atoms with van der Waals surface area (Å²) in [5.41, 5.74) is 7.98. The van der Waals surface area contributed by atoms with Crippen LogP contribution in [0.4, 0.5) is 10.1 Å². The summed E-state index contributed by atoms with van der Waals surface area (Å²) < 4.78 is 16.7. The number of hydrogen-bond donors (Lipinski definition) is 3. The minimum Gasteiger partial charge on any atom is -0.383 e. The molecular formula is C24H29FN6O2S. The molecule has 0 saturated heterocycles. The number of anilines is 1. The Kier molecular flexibility index (Phi) is 6.79. The molecule has 0 saturated carbocycles. The first-order valence-corrected chi connectivity index (χ1v) is 12.4. The maximum absolute atomic E-state index is 15.1. The van der Waals surface area contributed by atoms with Crippen LogP contribution in [-0.2, 0) is 18.6 Å². The summed E-state index contributed by atoms with van der Waals surface area (Å²) in [5.74, 6) is 0.806. The van der Waals surface area contributed by atoms with Gasteiger partial charge in [-0.15, -0.1) is 0 Å². The molecule has 3 aromatic rings. The molecule has 0 atom stereocenters. The molecule has 0 fully saturated rings. The average molecular weight is 485 g/mol. The number of imidazole rings is 1. The van der Waals surface area contributed by atoms with Gasteiger partial charge < -0.3 is 16.0 Å². The lowest BCUT2D eigenvalue weighted by atomic mass is 9.75. The zero-order valence-corrected chi connectivity index (χ0v) is 20.4. The topological polar surface area (TPSA) is 119 Å². The Hall–Kier alpha value is -3.14. The smallest absolute Gasteiger partial charge is 0.253 e. The molecule has 1 aliphatic rings. The number of nitrogens with zero attached hydrogens (tertiary/aromatic N) is 3. The van der Waals surface area contributed by atoms with Gasteiger partial charge in [-0.25, -0.2) is 14.1 Å². The summed E-state index contributed by atoms with van der Waals surface area (Å²) in [6, 6.07) is 2.94. The molecule has 0 bridgehead atoms. The Bertz CT molecular complexity index is 1220. The standard InChI is InChI=1S/C24H29FN6O2S/c1-4-16-22-18(11-24(2,3)12-19(22)32)31(30-16)14-9-15(25)21(23(26)33)17(10-14)27-7-8-34-13-20-28-5-6-29-20/h5-6,9-10,27H,4,7-8,11-13H2,1-3H3,(H2,26,33)(H,28,29). The number of hydrogen-bond acceptors (Lipinski definition) is 6. The zero-order chi connectivity index (χ0) is 24.5. The Morgan fingerprint density at radius 1 is 1.35 bits per heavy atom. The van der Waals surface area contributed by atoms with Gasteiger partial charge in [0.15, 0.2) is 5.78 Å². The number of aromatic amines is 1. The summed E-state index contributed by atoms with van der Waals surface area (Å²) in [7, 11) is 0. The number of Topliss-reactive ketones (excluding diaryl/α,β-unsaturated/α-hetero) is 1. The second-order valence-corrected chi connectivity index (χ2v) is 10.3. The maximum atomic E-state index is 15.1. The van der Waals surface area contributed by atoms with Gasteiger partial charge in [-0.1, -0.05) is 20.8 Å². The molecule has 10 heteroatoms. The van der Waals surface area contributed by atoms with Crippen molar-refractivity contribution in [3.63, 3.8) is 0 Å². The molecule has 0 aliphatic heterocycles. The molecule has 4 N–H and O–H groups in total. The molecule has 0 unspecified atom stereocenters. The van der Waals surface area contributed by atoms with Crippen LogP contribution in [0.15, 0.2) is 24.5 Å². The normalized spacial score (nSPS) is 14.8. The van der Waals surface area contributed by atoms with Crippen molar-refractivity contribution in [2.24, 2.45) is 11.1 Å². The fraction of sp³-hybridized carbons (Fsp3) is 0.417. The number of halogens is 1. The number of amides is 1. The molecule has 4 rings (SSSR count). The van der Waals surface area contributed by atoms with Gasteiger partial charge in [0.2, 0.25) is 0 Å². The first-order chi connectivity index (χ1) is 16.2. The highest BCUT2D eigenvalue weighted by Gasteiger charge is 2.36. The van der Waals surface area contributed by atoms with Crippen LogP contribution in [0.2, 0.25) is 0 Å². The third-order valence-corrected chi connectivity index (χ3v) is 6.84. The molecule has 1 amide bonds. The predicted octanol–water partition coefficient (Wildman–Crippen LogP) is 3.90. The number of carbonyl (C=O) groups is 2. The number of rotatable bonds is 9. The average Bonchev–Trinajstić information content (AvgIpc) is 3.39. The van der Waals surface area contributed by atoms with Gasteiger partial charge in [-0.2, -0.15) is 16.9 Å². The van der Waals surface area contributed by atoms with Crippen LogP contribution in [-0.4, -0.2) is 43.7 Å². The lowest BCUT2D eigenvalue weighted by Crippen LogP contribution is -2.28. The Morgan fingerprint density at radius 2 is 2.15 bits per heavy atom. The van der Waals surface area contributed by atoms with E-state index >= 15 is 4.39 Å². The highest BCUT2D eigenvalue weighted by Crippen LogP contribution is 2.38. The minimum absolute atomic E-state index is 0.0653. The monoisotopic (exact) mass is 484 g/mol. The lowest BCUT2D eigenvalue weighted by Gasteiger charge is -2.29. The van der Waals surface area contributed by atoms with E-state index in [1.807, 2.05) is 20.8 Å². The number of aryl methyl sites for hydroxylation is 1. The van der Waals surface area contributed by atoms with Crippen LogP contribution in [0, 0.1) is 11.2 Å². The third-order valence-electron chi connectivity index (χ3n) is 5.87. The Balaban J connectivity index is 1.64. The van der Waals surface area contributed by atoms with E-state index in [9.17, 15) is 9.59 Å². The van der Waals surface area contributed by atoms with E-state index in [2.05, 4.69) is 20.4 Å². The van der Waals surface area contributed by atoms with Crippen LogP contribution < -0.4 is 11.1 Å². The summed E-state index contributed by atoms with van der Waals surface area (Å²) >= 11 is 1.65. The highest BCUT2D eigenvalue weighted by atomic mass is 32.2. The number of nitrogens with one attached hydrogen (secondary N) is 2. The minimum atomic E-state index is -0.845. The molecule has 2 aromatic heterocycles. The summed E-state index contributed by atoms with van der Waals surface area (Å²) in [4.78, 5) is 32.1. The van der Waals surface area contributed by atoms with E-state index < -0.39 is 11.7 Å². The van der Waals surface area contributed by atoms with E-state index in [0.29, 0.717) is 54.2 Å². The van der Waals surface area contributed by atoms with E-state index in [-0.39, 0.29) is 16.8 Å². The van der Waals surface area contributed by atoms with Crippen LogP contribution in [0.5, 0.6) is 0 Å². The largest absolute Gasteiger partial charge is 0.383 e. The summed E-state index contributed by atoms with van der Waals surface area (Å²) in [6.45, 7) is 6.53. The number of ketones is 1. The molecule has 1 aromatic carbocycles. The fourth-order valence-corrected chi connectivity index (χ4v) is 5.14. The number of fused-ring (bicyclic) bond motifs is 1. The van der Waals surface area contributed by atoms with Crippen molar-refractivity contribution in [1.29, 1.82) is 0 Å². The maximum Gasteiger partial charge on any atom is 0.253 e. The molecule has 8 nitrogen and oxygen atoms in total. The van der Waals surface area contributed by atoms with Gasteiger partial charge in [-0.05, 0) is 24.3 Å². The number of primary amides is 1. The van der Waals surface area contributed by atoms with Crippen molar-refractivity contribution < 1.29 is 14.0 Å². The number of carbonyl (C=O) groups excluding carboxylic acids is 2. The van der Waals surface area contributed by atoms with Crippen molar-refractivity contribution in [1.82, 2.24) is 19.7 Å². The number of benzene rings is 1.